The van der Waals surface area contributed by atoms with E-state index in [1.165, 1.54) is 199 Å². The fraction of sp³-hybridized carbons (Fsp3) is 0.825. The normalized spacial score (nSPS) is 13.0. The highest BCUT2D eigenvalue weighted by atomic mass is 16.5. The second-order valence-electron chi connectivity index (χ2n) is 18.5. The molecule has 0 saturated heterocycles. The van der Waals surface area contributed by atoms with E-state index in [0.29, 0.717) is 19.4 Å². The molecule has 0 aromatic heterocycles. The zero-order valence-electron chi connectivity index (χ0n) is 41.8. The molecule has 0 heterocycles. The van der Waals surface area contributed by atoms with Gasteiger partial charge in [-0.25, -0.2) is 0 Å². The summed E-state index contributed by atoms with van der Waals surface area (Å²) in [4.78, 5) is 24.4. The zero-order valence-corrected chi connectivity index (χ0v) is 41.8. The molecule has 0 aliphatic rings. The van der Waals surface area contributed by atoms with Gasteiger partial charge in [0.25, 0.3) is 0 Å². The van der Waals surface area contributed by atoms with Gasteiger partial charge < -0.3 is 20.3 Å². The minimum absolute atomic E-state index is 0.0477. The standard InChI is InChI=1S/C57H105NO5/c1-3-5-7-9-11-13-15-16-26-30-33-37-41-45-49-55(60)54(53-59)58-56(61)50-46-42-38-34-31-27-24-22-20-18-17-19-21-23-25-28-32-36-40-44-48-52-63-57(62)51-47-43-39-35-29-14-12-10-8-6-4-2/h10,12,28,32,40,44-45,49,54-55,59-60H,3-9,11,13-27,29-31,33-39,41-43,46-48,50-53H2,1-2H3,(H,58,61)/b12-10-,32-28-,44-40-,49-45+. The first-order valence-corrected chi connectivity index (χ1v) is 27.4. The lowest BCUT2D eigenvalue weighted by Gasteiger charge is -2.20. The number of hydrogen-bond acceptors (Lipinski definition) is 5. The van der Waals surface area contributed by atoms with E-state index in [1.54, 1.807) is 6.08 Å². The predicted octanol–water partition coefficient (Wildman–Crippen LogP) is 16.6. The average Bonchev–Trinajstić information content (AvgIpc) is 3.28. The van der Waals surface area contributed by atoms with Crippen molar-refractivity contribution in [3.63, 3.8) is 0 Å². The van der Waals surface area contributed by atoms with Gasteiger partial charge >= 0.3 is 5.97 Å². The molecular weight excluding hydrogens is 779 g/mol. The number of amides is 1. The summed E-state index contributed by atoms with van der Waals surface area (Å²) in [6, 6.07) is -0.632. The third kappa shape index (κ3) is 49.1. The third-order valence-electron chi connectivity index (χ3n) is 12.3. The van der Waals surface area contributed by atoms with Crippen LogP contribution in [0.5, 0.6) is 0 Å². The van der Waals surface area contributed by atoms with Gasteiger partial charge in [0, 0.05) is 12.8 Å². The number of nitrogens with one attached hydrogen (secondary N) is 1. The molecule has 0 saturated carbocycles. The van der Waals surface area contributed by atoms with E-state index < -0.39 is 12.1 Å². The summed E-state index contributed by atoms with van der Waals surface area (Å²) >= 11 is 0. The lowest BCUT2D eigenvalue weighted by atomic mass is 10.0. The molecule has 2 atom stereocenters. The van der Waals surface area contributed by atoms with Crippen LogP contribution >= 0.6 is 0 Å². The van der Waals surface area contributed by atoms with Crippen molar-refractivity contribution in [2.45, 2.75) is 289 Å². The number of rotatable bonds is 50. The maximum atomic E-state index is 12.4. The molecule has 6 nitrogen and oxygen atoms in total. The van der Waals surface area contributed by atoms with Crippen molar-refractivity contribution in [3.05, 3.63) is 48.6 Å². The highest BCUT2D eigenvalue weighted by Crippen LogP contribution is 2.16. The Bertz CT molecular complexity index is 1070. The third-order valence-corrected chi connectivity index (χ3v) is 12.3. The Labute approximate surface area is 391 Å². The molecule has 0 aliphatic carbocycles. The molecule has 3 N–H and O–H groups in total. The summed E-state index contributed by atoms with van der Waals surface area (Å²) in [7, 11) is 0. The van der Waals surface area contributed by atoms with Gasteiger partial charge in [0.1, 0.15) is 0 Å². The Kier molecular flexibility index (Phi) is 50.6. The quantitative estimate of drug-likeness (QED) is 0.0321. The van der Waals surface area contributed by atoms with E-state index in [-0.39, 0.29) is 18.5 Å². The van der Waals surface area contributed by atoms with Gasteiger partial charge in [0.2, 0.25) is 5.91 Å². The molecule has 2 unspecified atom stereocenters. The Hall–Kier alpha value is -2.18. The number of aliphatic hydroxyl groups is 2. The van der Waals surface area contributed by atoms with E-state index in [9.17, 15) is 19.8 Å². The summed E-state index contributed by atoms with van der Waals surface area (Å²) in [5.41, 5.74) is 0. The number of hydrogen-bond donors (Lipinski definition) is 3. The average molecular weight is 884 g/mol. The van der Waals surface area contributed by atoms with Crippen molar-refractivity contribution in [2.24, 2.45) is 0 Å². The lowest BCUT2D eigenvalue weighted by Crippen LogP contribution is -2.45. The van der Waals surface area contributed by atoms with E-state index >= 15 is 0 Å². The molecule has 0 aromatic carbocycles. The van der Waals surface area contributed by atoms with Gasteiger partial charge in [-0.15, -0.1) is 0 Å². The molecule has 0 radical (unpaired) electrons. The van der Waals surface area contributed by atoms with Crippen molar-refractivity contribution in [1.82, 2.24) is 5.32 Å². The SMILES string of the molecule is CCCC/C=C\CCCCCCCC(=O)OCC/C=C\C/C=C\CCCCCCCCCCCCCCCCC(=O)NC(CO)C(O)/C=C/CCCCCCCCCCCCCC. The monoisotopic (exact) mass is 884 g/mol. The van der Waals surface area contributed by atoms with Crippen molar-refractivity contribution in [2.75, 3.05) is 13.2 Å². The van der Waals surface area contributed by atoms with Crippen LogP contribution in [0, 0.1) is 0 Å². The highest BCUT2D eigenvalue weighted by Gasteiger charge is 2.18. The van der Waals surface area contributed by atoms with Crippen molar-refractivity contribution >= 4 is 11.9 Å². The largest absolute Gasteiger partial charge is 0.465 e. The van der Waals surface area contributed by atoms with Gasteiger partial charge in [0.05, 0.1) is 25.4 Å². The van der Waals surface area contributed by atoms with Gasteiger partial charge in [0.15, 0.2) is 0 Å². The van der Waals surface area contributed by atoms with Crippen molar-refractivity contribution in [1.29, 1.82) is 0 Å². The molecular formula is C57H105NO5. The summed E-state index contributed by atoms with van der Waals surface area (Å²) in [6.45, 7) is 4.74. The number of aliphatic hydroxyl groups excluding tert-OH is 2. The Morgan fingerprint density at radius 3 is 1.27 bits per heavy atom. The summed E-state index contributed by atoms with van der Waals surface area (Å²) in [6.07, 6.45) is 65.7. The van der Waals surface area contributed by atoms with Crippen molar-refractivity contribution < 1.29 is 24.5 Å². The fourth-order valence-corrected chi connectivity index (χ4v) is 8.10. The predicted molar refractivity (Wildman–Crippen MR) is 273 cm³/mol. The van der Waals surface area contributed by atoms with Crippen LogP contribution in [0.3, 0.4) is 0 Å². The molecule has 1 amide bonds. The van der Waals surface area contributed by atoms with Crippen LogP contribution in [0.4, 0.5) is 0 Å². The van der Waals surface area contributed by atoms with Crippen LogP contribution in [0.1, 0.15) is 277 Å². The van der Waals surface area contributed by atoms with E-state index in [0.717, 1.165) is 51.4 Å². The molecule has 63 heavy (non-hydrogen) atoms. The molecule has 0 fully saturated rings. The smallest absolute Gasteiger partial charge is 0.305 e. The van der Waals surface area contributed by atoms with Crippen LogP contribution in [0.15, 0.2) is 48.6 Å². The number of carbonyl (C=O) groups is 2. The van der Waals surface area contributed by atoms with Gasteiger partial charge in [-0.05, 0) is 70.6 Å². The molecule has 0 aliphatic heterocycles. The van der Waals surface area contributed by atoms with Gasteiger partial charge in [-0.3, -0.25) is 9.59 Å². The number of ether oxygens (including phenoxy) is 1. The number of unbranched alkanes of at least 4 members (excludes halogenated alkanes) is 33. The Morgan fingerprint density at radius 2 is 0.810 bits per heavy atom. The molecule has 0 aromatic rings. The number of allylic oxidation sites excluding steroid dienone is 6. The molecule has 6 heteroatoms. The second-order valence-corrected chi connectivity index (χ2v) is 18.5. The molecule has 368 valence electrons. The zero-order chi connectivity index (χ0) is 45.8. The second kappa shape index (κ2) is 52.4. The van der Waals surface area contributed by atoms with Crippen LogP contribution in [-0.4, -0.2) is 47.4 Å². The fourth-order valence-electron chi connectivity index (χ4n) is 8.10. The summed E-state index contributed by atoms with van der Waals surface area (Å²) in [5, 5.41) is 23.1. The first-order chi connectivity index (χ1) is 31.0. The first kappa shape index (κ1) is 60.8. The van der Waals surface area contributed by atoms with Gasteiger partial charge in [-0.1, -0.05) is 242 Å². The van der Waals surface area contributed by atoms with Crippen molar-refractivity contribution in [3.8, 4) is 0 Å². The summed E-state index contributed by atoms with van der Waals surface area (Å²) < 4.78 is 5.38. The molecule has 0 spiro atoms. The number of esters is 1. The summed E-state index contributed by atoms with van der Waals surface area (Å²) in [5.74, 6) is -0.121. The maximum absolute atomic E-state index is 12.4. The van der Waals surface area contributed by atoms with E-state index in [2.05, 4.69) is 55.6 Å². The first-order valence-electron chi connectivity index (χ1n) is 27.4. The minimum Gasteiger partial charge on any atom is -0.465 e. The molecule has 0 rings (SSSR count). The Morgan fingerprint density at radius 1 is 0.444 bits per heavy atom. The van der Waals surface area contributed by atoms with E-state index in [1.807, 2.05) is 6.08 Å². The van der Waals surface area contributed by atoms with Crippen LogP contribution < -0.4 is 5.32 Å². The van der Waals surface area contributed by atoms with Crippen LogP contribution in [0.25, 0.3) is 0 Å². The highest BCUT2D eigenvalue weighted by molar-refractivity contribution is 5.76. The number of carbonyl (C=O) groups excluding carboxylic acids is 2. The van der Waals surface area contributed by atoms with Crippen LogP contribution in [-0.2, 0) is 14.3 Å². The van der Waals surface area contributed by atoms with Crippen LogP contribution in [0.2, 0.25) is 0 Å². The maximum Gasteiger partial charge on any atom is 0.305 e. The lowest BCUT2D eigenvalue weighted by molar-refractivity contribution is -0.143. The van der Waals surface area contributed by atoms with E-state index in [4.69, 9.17) is 4.74 Å². The topological polar surface area (TPSA) is 95.9 Å². The van der Waals surface area contributed by atoms with Gasteiger partial charge in [-0.2, -0.15) is 0 Å². The molecule has 0 bridgehead atoms. The Balaban J connectivity index is 3.50. The minimum atomic E-state index is -0.848.